The number of hydrogen-bond donors (Lipinski definition) is 1. The Hall–Kier alpha value is -0.650. The molecule has 3 rings (SSSR count). The third kappa shape index (κ3) is 2.32. The number of nitrogens with zero attached hydrogens (tertiary/aromatic N) is 2. The van der Waals surface area contributed by atoms with Gasteiger partial charge in [0.25, 0.3) is 0 Å². The molecular formula is C12H21N3O2. The van der Waals surface area contributed by atoms with Crippen molar-refractivity contribution in [1.29, 1.82) is 0 Å². The number of morpholine rings is 1. The van der Waals surface area contributed by atoms with Crippen LogP contribution in [0, 0.1) is 0 Å². The van der Waals surface area contributed by atoms with E-state index in [0.717, 1.165) is 32.8 Å². The Balaban J connectivity index is 1.58. The van der Waals surface area contributed by atoms with Gasteiger partial charge in [0.1, 0.15) is 6.04 Å². The van der Waals surface area contributed by atoms with Crippen LogP contribution in [-0.2, 0) is 9.53 Å². The van der Waals surface area contributed by atoms with Gasteiger partial charge < -0.3 is 15.0 Å². The molecule has 0 bridgehead atoms. The van der Waals surface area contributed by atoms with Crippen LogP contribution in [0.1, 0.15) is 12.8 Å². The van der Waals surface area contributed by atoms with Crippen LogP contribution in [0.2, 0.25) is 0 Å². The topological polar surface area (TPSA) is 44.8 Å². The van der Waals surface area contributed by atoms with E-state index in [4.69, 9.17) is 4.74 Å². The predicted molar refractivity (Wildman–Crippen MR) is 63.8 cm³/mol. The monoisotopic (exact) mass is 239 g/mol. The van der Waals surface area contributed by atoms with E-state index in [2.05, 4.69) is 10.2 Å². The molecule has 0 radical (unpaired) electrons. The third-order valence-corrected chi connectivity index (χ3v) is 4.12. The molecule has 3 aliphatic heterocycles. The second kappa shape index (κ2) is 4.92. The maximum absolute atomic E-state index is 12.3. The number of fused-ring (bicyclic) bond motifs is 1. The van der Waals surface area contributed by atoms with Crippen molar-refractivity contribution < 1.29 is 9.53 Å². The van der Waals surface area contributed by atoms with E-state index in [9.17, 15) is 4.79 Å². The first-order valence-corrected chi connectivity index (χ1v) is 6.68. The summed E-state index contributed by atoms with van der Waals surface area (Å²) in [6.45, 7) is 6.11. The van der Waals surface area contributed by atoms with Gasteiger partial charge in [-0.25, -0.2) is 0 Å². The maximum Gasteiger partial charge on any atom is 0.242 e. The van der Waals surface area contributed by atoms with Gasteiger partial charge in [-0.1, -0.05) is 0 Å². The van der Waals surface area contributed by atoms with E-state index in [-0.39, 0.29) is 11.9 Å². The second-order valence-corrected chi connectivity index (χ2v) is 5.20. The number of carbonyl (C=O) groups excluding carboxylic acids is 1. The Kier molecular flexibility index (Phi) is 3.31. The number of nitrogens with one attached hydrogen (secondary N) is 1. The molecule has 0 aromatic carbocycles. The first-order valence-electron chi connectivity index (χ1n) is 6.68. The van der Waals surface area contributed by atoms with E-state index in [1.165, 1.54) is 19.4 Å². The quantitative estimate of drug-likeness (QED) is 0.656. The summed E-state index contributed by atoms with van der Waals surface area (Å²) in [5, 5.41) is 3.25. The number of amides is 1. The van der Waals surface area contributed by atoms with Gasteiger partial charge in [-0.15, -0.1) is 0 Å². The summed E-state index contributed by atoms with van der Waals surface area (Å²) in [6.07, 6.45) is 2.54. The fourth-order valence-electron chi connectivity index (χ4n) is 3.14. The first kappa shape index (κ1) is 11.4. The molecule has 96 valence electrons. The summed E-state index contributed by atoms with van der Waals surface area (Å²) >= 11 is 0. The zero-order valence-corrected chi connectivity index (χ0v) is 10.2. The number of rotatable bonds is 1. The predicted octanol–water partition coefficient (Wildman–Crippen LogP) is -0.719. The zero-order valence-electron chi connectivity index (χ0n) is 10.2. The molecule has 5 nitrogen and oxygen atoms in total. The zero-order chi connectivity index (χ0) is 11.7. The Bertz CT molecular complexity index is 291. The Morgan fingerprint density at radius 1 is 1.29 bits per heavy atom. The Morgan fingerprint density at radius 3 is 3.06 bits per heavy atom. The van der Waals surface area contributed by atoms with E-state index in [1.54, 1.807) is 0 Å². The van der Waals surface area contributed by atoms with E-state index in [1.807, 2.05) is 4.90 Å². The lowest BCUT2D eigenvalue weighted by Crippen LogP contribution is -2.58. The minimum absolute atomic E-state index is 0.114. The normalized spacial score (nSPS) is 34.7. The second-order valence-electron chi connectivity index (χ2n) is 5.20. The molecule has 1 N–H and O–H groups in total. The van der Waals surface area contributed by atoms with Crippen LogP contribution in [-0.4, -0.2) is 73.7 Å². The van der Waals surface area contributed by atoms with Crippen LogP contribution in [0.5, 0.6) is 0 Å². The summed E-state index contributed by atoms with van der Waals surface area (Å²) in [5.41, 5.74) is 0. The highest BCUT2D eigenvalue weighted by Gasteiger charge is 2.35. The standard InChI is InChI=1S/C12H21N3O2/c16-12(11-9-17-7-3-13-11)15-6-5-14-4-1-2-10(14)8-15/h10-11,13H,1-9H2. The van der Waals surface area contributed by atoms with Gasteiger partial charge in [0.15, 0.2) is 0 Å². The number of hydrogen-bond acceptors (Lipinski definition) is 4. The fraction of sp³-hybridized carbons (Fsp3) is 0.917. The molecule has 3 aliphatic rings. The molecular weight excluding hydrogens is 218 g/mol. The van der Waals surface area contributed by atoms with E-state index < -0.39 is 0 Å². The minimum atomic E-state index is -0.114. The molecule has 2 atom stereocenters. The first-order chi connectivity index (χ1) is 8.34. The molecule has 5 heteroatoms. The van der Waals surface area contributed by atoms with Crippen molar-refractivity contribution in [2.45, 2.75) is 24.9 Å². The lowest BCUT2D eigenvalue weighted by molar-refractivity contribution is -0.139. The minimum Gasteiger partial charge on any atom is -0.378 e. The van der Waals surface area contributed by atoms with Crippen molar-refractivity contribution in [1.82, 2.24) is 15.1 Å². The van der Waals surface area contributed by atoms with Gasteiger partial charge in [-0.05, 0) is 19.4 Å². The highest BCUT2D eigenvalue weighted by atomic mass is 16.5. The molecule has 2 unspecified atom stereocenters. The highest BCUT2D eigenvalue weighted by Crippen LogP contribution is 2.21. The summed E-state index contributed by atoms with van der Waals surface area (Å²) in [5.74, 6) is 0.233. The molecule has 0 saturated carbocycles. The highest BCUT2D eigenvalue weighted by molar-refractivity contribution is 5.82. The molecule has 1 amide bonds. The van der Waals surface area contributed by atoms with Crippen molar-refractivity contribution in [3.63, 3.8) is 0 Å². The number of carbonyl (C=O) groups is 1. The molecule has 0 aromatic rings. The van der Waals surface area contributed by atoms with Gasteiger partial charge in [0.2, 0.25) is 5.91 Å². The van der Waals surface area contributed by atoms with Crippen molar-refractivity contribution in [2.24, 2.45) is 0 Å². The van der Waals surface area contributed by atoms with Crippen molar-refractivity contribution in [2.75, 3.05) is 45.9 Å². The van der Waals surface area contributed by atoms with E-state index >= 15 is 0 Å². The SMILES string of the molecule is O=C(C1COCCN1)N1CCN2CCCC2C1. The smallest absolute Gasteiger partial charge is 0.242 e. The van der Waals surface area contributed by atoms with Crippen LogP contribution < -0.4 is 5.32 Å². The fourth-order valence-corrected chi connectivity index (χ4v) is 3.14. The van der Waals surface area contributed by atoms with Crippen LogP contribution in [0.25, 0.3) is 0 Å². The van der Waals surface area contributed by atoms with E-state index in [0.29, 0.717) is 12.6 Å². The van der Waals surface area contributed by atoms with Crippen LogP contribution >= 0.6 is 0 Å². The van der Waals surface area contributed by atoms with Crippen molar-refractivity contribution in [3.8, 4) is 0 Å². The van der Waals surface area contributed by atoms with Crippen LogP contribution in [0.15, 0.2) is 0 Å². The molecule has 3 heterocycles. The van der Waals surface area contributed by atoms with Crippen molar-refractivity contribution >= 4 is 5.91 Å². The summed E-state index contributed by atoms with van der Waals surface area (Å²) in [6, 6.07) is 0.494. The van der Waals surface area contributed by atoms with Gasteiger partial charge in [0.05, 0.1) is 13.2 Å². The van der Waals surface area contributed by atoms with Gasteiger partial charge >= 0.3 is 0 Å². The van der Waals surface area contributed by atoms with Gasteiger partial charge in [0, 0.05) is 32.2 Å². The molecule has 0 aromatic heterocycles. The van der Waals surface area contributed by atoms with Gasteiger partial charge in [-0.3, -0.25) is 9.69 Å². The summed E-state index contributed by atoms with van der Waals surface area (Å²) in [4.78, 5) is 16.9. The number of piperazine rings is 1. The van der Waals surface area contributed by atoms with Crippen molar-refractivity contribution in [3.05, 3.63) is 0 Å². The molecule has 0 spiro atoms. The average Bonchev–Trinajstić information content (AvgIpc) is 2.86. The molecule has 3 fully saturated rings. The largest absolute Gasteiger partial charge is 0.378 e. The maximum atomic E-state index is 12.3. The number of ether oxygens (including phenoxy) is 1. The van der Waals surface area contributed by atoms with Crippen LogP contribution in [0.3, 0.4) is 0 Å². The molecule has 3 saturated heterocycles. The Morgan fingerprint density at radius 2 is 2.24 bits per heavy atom. The average molecular weight is 239 g/mol. The lowest BCUT2D eigenvalue weighted by Gasteiger charge is -2.39. The summed E-state index contributed by atoms with van der Waals surface area (Å²) in [7, 11) is 0. The third-order valence-electron chi connectivity index (χ3n) is 4.12. The van der Waals surface area contributed by atoms with Gasteiger partial charge in [-0.2, -0.15) is 0 Å². The lowest BCUT2D eigenvalue weighted by atomic mass is 10.1. The summed E-state index contributed by atoms with van der Waals surface area (Å²) < 4.78 is 5.36. The molecule has 0 aliphatic carbocycles. The van der Waals surface area contributed by atoms with Crippen LogP contribution in [0.4, 0.5) is 0 Å². The Labute approximate surface area is 102 Å². The molecule has 17 heavy (non-hydrogen) atoms.